The Morgan fingerprint density at radius 3 is 2.52 bits per heavy atom. The number of halogens is 3. The van der Waals surface area contributed by atoms with Gasteiger partial charge in [0.05, 0.1) is 12.0 Å². The van der Waals surface area contributed by atoms with Gasteiger partial charge in [-0.1, -0.05) is 12.2 Å². The van der Waals surface area contributed by atoms with Crippen molar-refractivity contribution in [2.24, 2.45) is 0 Å². The summed E-state index contributed by atoms with van der Waals surface area (Å²) < 4.78 is 45.6. The lowest BCUT2D eigenvalue weighted by molar-refractivity contribution is -0.0229. The Morgan fingerprint density at radius 2 is 1.91 bits per heavy atom. The van der Waals surface area contributed by atoms with E-state index in [-0.39, 0.29) is 21.2 Å². The SMILES string of the molecule is OC[C@H]1O[C@@H](c2cc3c(F)c(F)c(F)nc3[nH]c2=S)[C@@H](O)C1O. The molecule has 0 saturated carbocycles. The van der Waals surface area contributed by atoms with E-state index in [4.69, 9.17) is 22.1 Å². The molecule has 2 aromatic rings. The summed E-state index contributed by atoms with van der Waals surface area (Å²) in [5, 5.41) is 28.4. The predicted octanol–water partition coefficient (Wildman–Crippen LogP) is 0.864. The van der Waals surface area contributed by atoms with Crippen molar-refractivity contribution in [3.63, 3.8) is 0 Å². The molecule has 1 aliphatic rings. The lowest BCUT2D eigenvalue weighted by atomic mass is 10.0. The van der Waals surface area contributed by atoms with Crippen LogP contribution in [0.3, 0.4) is 0 Å². The third-order valence-corrected chi connectivity index (χ3v) is 4.06. The van der Waals surface area contributed by atoms with E-state index in [0.717, 1.165) is 6.07 Å². The summed E-state index contributed by atoms with van der Waals surface area (Å²) in [6, 6.07) is 1.07. The largest absolute Gasteiger partial charge is 0.394 e. The van der Waals surface area contributed by atoms with Crippen molar-refractivity contribution in [1.29, 1.82) is 0 Å². The van der Waals surface area contributed by atoms with Gasteiger partial charge in [0, 0.05) is 5.56 Å². The van der Waals surface area contributed by atoms with Gasteiger partial charge in [-0.25, -0.2) is 4.39 Å². The number of nitrogens with one attached hydrogen (secondary N) is 1. The lowest BCUT2D eigenvalue weighted by Crippen LogP contribution is -2.32. The van der Waals surface area contributed by atoms with Gasteiger partial charge >= 0.3 is 0 Å². The average molecular weight is 348 g/mol. The van der Waals surface area contributed by atoms with Crippen LogP contribution in [0.5, 0.6) is 0 Å². The van der Waals surface area contributed by atoms with E-state index in [0.29, 0.717) is 0 Å². The molecular formula is C13H11F3N2O4S. The molecule has 3 heterocycles. The molecule has 4 N–H and O–H groups in total. The fourth-order valence-corrected chi connectivity index (χ4v) is 2.79. The van der Waals surface area contributed by atoms with Crippen LogP contribution < -0.4 is 0 Å². The molecule has 1 unspecified atom stereocenters. The average Bonchev–Trinajstić information content (AvgIpc) is 2.80. The number of aliphatic hydroxyl groups excluding tert-OH is 3. The maximum Gasteiger partial charge on any atom is 0.254 e. The molecule has 0 aromatic carbocycles. The molecule has 0 amide bonds. The van der Waals surface area contributed by atoms with E-state index < -0.39 is 48.6 Å². The second kappa shape index (κ2) is 5.80. The van der Waals surface area contributed by atoms with Crippen LogP contribution in [0.15, 0.2) is 6.07 Å². The van der Waals surface area contributed by atoms with Gasteiger partial charge in [-0.15, -0.1) is 0 Å². The molecular weight excluding hydrogens is 337 g/mol. The first-order chi connectivity index (χ1) is 10.8. The highest BCUT2D eigenvalue weighted by molar-refractivity contribution is 7.71. The number of aliphatic hydroxyl groups is 3. The number of hydrogen-bond donors (Lipinski definition) is 4. The molecule has 1 aliphatic heterocycles. The smallest absolute Gasteiger partial charge is 0.254 e. The molecule has 23 heavy (non-hydrogen) atoms. The van der Waals surface area contributed by atoms with Crippen LogP contribution in [-0.4, -0.2) is 50.2 Å². The number of ether oxygens (including phenoxy) is 1. The van der Waals surface area contributed by atoms with Gasteiger partial charge in [-0.05, 0) is 6.07 Å². The molecule has 0 aliphatic carbocycles. The first kappa shape index (κ1) is 16.3. The van der Waals surface area contributed by atoms with Gasteiger partial charge in [-0.2, -0.15) is 13.8 Å². The molecule has 3 rings (SSSR count). The Bertz CT molecular complexity index is 831. The van der Waals surface area contributed by atoms with Crippen LogP contribution in [0.25, 0.3) is 11.0 Å². The van der Waals surface area contributed by atoms with Gasteiger partial charge in [0.25, 0.3) is 5.95 Å². The Balaban J connectivity index is 2.16. The van der Waals surface area contributed by atoms with Crippen LogP contribution >= 0.6 is 12.2 Å². The fraction of sp³-hybridized carbons (Fsp3) is 0.385. The third kappa shape index (κ3) is 2.52. The van der Waals surface area contributed by atoms with Crippen LogP contribution in [-0.2, 0) is 4.74 Å². The molecule has 10 heteroatoms. The maximum absolute atomic E-state index is 13.9. The predicted molar refractivity (Wildman–Crippen MR) is 73.5 cm³/mol. The zero-order valence-electron chi connectivity index (χ0n) is 11.3. The van der Waals surface area contributed by atoms with Crippen molar-refractivity contribution in [1.82, 2.24) is 9.97 Å². The highest BCUT2D eigenvalue weighted by atomic mass is 32.1. The van der Waals surface area contributed by atoms with Crippen LogP contribution in [0, 0.1) is 22.2 Å². The van der Waals surface area contributed by atoms with Crippen molar-refractivity contribution < 1.29 is 33.2 Å². The number of hydrogen-bond acceptors (Lipinski definition) is 6. The topological polar surface area (TPSA) is 98.6 Å². The zero-order chi connectivity index (χ0) is 16.9. The molecule has 0 bridgehead atoms. The van der Waals surface area contributed by atoms with Crippen LogP contribution in [0.1, 0.15) is 11.7 Å². The highest BCUT2D eigenvalue weighted by Crippen LogP contribution is 2.35. The van der Waals surface area contributed by atoms with Crippen molar-refractivity contribution in [3.8, 4) is 0 Å². The summed E-state index contributed by atoms with van der Waals surface area (Å²) in [5.41, 5.74) is -0.247. The molecule has 0 spiro atoms. The number of nitrogens with zero attached hydrogens (tertiary/aromatic N) is 1. The van der Waals surface area contributed by atoms with E-state index in [9.17, 15) is 23.4 Å². The molecule has 4 atom stereocenters. The standard InChI is InChI=1S/C13H11F3N2O4S/c14-6-3-1-4(10-9(21)8(20)5(2-19)22-10)13(23)18-12(3)17-11(16)7(6)15/h1,5,8-10,19-21H,2H2,(H,17,18,23)/t5-,8?,9+,10+/m1/s1. The van der Waals surface area contributed by atoms with Gasteiger partial charge in [0.2, 0.25) is 5.82 Å². The molecule has 6 nitrogen and oxygen atoms in total. The Hall–Kier alpha value is -1.59. The second-order valence-electron chi connectivity index (χ2n) is 5.11. The number of fused-ring (bicyclic) bond motifs is 1. The number of aromatic amines is 1. The molecule has 1 fully saturated rings. The summed E-state index contributed by atoms with van der Waals surface area (Å²) >= 11 is 5.03. The number of aromatic nitrogens is 2. The first-order valence-electron chi connectivity index (χ1n) is 6.55. The first-order valence-corrected chi connectivity index (χ1v) is 6.95. The quantitative estimate of drug-likeness (QED) is 0.475. The molecule has 1 saturated heterocycles. The highest BCUT2D eigenvalue weighted by Gasteiger charge is 2.43. The summed E-state index contributed by atoms with van der Waals surface area (Å²) in [6.07, 6.45) is -5.01. The maximum atomic E-state index is 13.9. The van der Waals surface area contributed by atoms with Crippen molar-refractivity contribution in [3.05, 3.63) is 33.9 Å². The second-order valence-corrected chi connectivity index (χ2v) is 5.51. The van der Waals surface area contributed by atoms with Gasteiger partial charge in [0.15, 0.2) is 5.82 Å². The van der Waals surface area contributed by atoms with E-state index in [2.05, 4.69) is 9.97 Å². The van der Waals surface area contributed by atoms with Crippen LogP contribution in [0.2, 0.25) is 0 Å². The van der Waals surface area contributed by atoms with E-state index in [1.807, 2.05) is 0 Å². The molecule has 2 aromatic heterocycles. The van der Waals surface area contributed by atoms with Crippen molar-refractivity contribution in [2.45, 2.75) is 24.4 Å². The number of pyridine rings is 2. The molecule has 0 radical (unpaired) electrons. The zero-order valence-corrected chi connectivity index (χ0v) is 12.1. The lowest BCUT2D eigenvalue weighted by Gasteiger charge is -2.16. The Labute approximate surface area is 132 Å². The third-order valence-electron chi connectivity index (χ3n) is 3.72. The summed E-state index contributed by atoms with van der Waals surface area (Å²) in [5.74, 6) is -4.82. The minimum atomic E-state index is -1.74. The van der Waals surface area contributed by atoms with Gasteiger partial charge in [-0.3, -0.25) is 0 Å². The Kier molecular flexibility index (Phi) is 4.10. The fourth-order valence-electron chi connectivity index (χ4n) is 2.52. The normalized spacial score (nSPS) is 27.7. The van der Waals surface area contributed by atoms with E-state index in [1.165, 1.54) is 0 Å². The van der Waals surface area contributed by atoms with E-state index >= 15 is 0 Å². The monoisotopic (exact) mass is 348 g/mol. The minimum Gasteiger partial charge on any atom is -0.394 e. The van der Waals surface area contributed by atoms with Crippen molar-refractivity contribution in [2.75, 3.05) is 6.61 Å². The van der Waals surface area contributed by atoms with Gasteiger partial charge in [0.1, 0.15) is 34.7 Å². The Morgan fingerprint density at radius 1 is 1.22 bits per heavy atom. The van der Waals surface area contributed by atoms with Crippen molar-refractivity contribution >= 4 is 23.3 Å². The van der Waals surface area contributed by atoms with Gasteiger partial charge < -0.3 is 25.0 Å². The summed E-state index contributed by atoms with van der Waals surface area (Å²) in [7, 11) is 0. The number of H-pyrrole nitrogens is 1. The summed E-state index contributed by atoms with van der Waals surface area (Å²) in [4.78, 5) is 5.67. The number of rotatable bonds is 2. The minimum absolute atomic E-state index is 0.0507. The van der Waals surface area contributed by atoms with Crippen LogP contribution in [0.4, 0.5) is 13.2 Å². The van der Waals surface area contributed by atoms with E-state index in [1.54, 1.807) is 0 Å². The summed E-state index contributed by atoms with van der Waals surface area (Å²) in [6.45, 7) is -0.547. The molecule has 124 valence electrons.